The summed E-state index contributed by atoms with van der Waals surface area (Å²) >= 11 is 5.99. The molecule has 4 nitrogen and oxygen atoms in total. The van der Waals surface area contributed by atoms with Gasteiger partial charge in [0.25, 0.3) is 0 Å². The molecule has 1 N–H and O–H groups in total. The average Bonchev–Trinajstić information content (AvgIpc) is 2.87. The van der Waals surface area contributed by atoms with Crippen molar-refractivity contribution in [2.75, 3.05) is 0 Å². The Hall–Kier alpha value is -2.85. The highest BCUT2D eigenvalue weighted by molar-refractivity contribution is 6.33. The summed E-state index contributed by atoms with van der Waals surface area (Å²) in [5.41, 5.74) is 4.98. The van der Waals surface area contributed by atoms with Crippen molar-refractivity contribution in [1.29, 1.82) is 0 Å². The fourth-order valence-electron chi connectivity index (χ4n) is 2.79. The second-order valence-electron chi connectivity index (χ2n) is 5.72. The van der Waals surface area contributed by atoms with Crippen LogP contribution in [0.3, 0.4) is 0 Å². The number of hydrogen-bond donors (Lipinski definition) is 1. The predicted molar refractivity (Wildman–Crippen MR) is 101 cm³/mol. The topological polar surface area (TPSA) is 54.6 Å². The molecule has 0 radical (unpaired) electrons. The van der Waals surface area contributed by atoms with Crippen molar-refractivity contribution in [3.63, 3.8) is 0 Å². The predicted octanol–water partition coefficient (Wildman–Crippen LogP) is 5.20. The fraction of sp³-hybridized carbons (Fsp3) is 0.100. The highest BCUT2D eigenvalue weighted by Crippen LogP contribution is 2.24. The van der Waals surface area contributed by atoms with Crippen molar-refractivity contribution in [2.45, 2.75) is 13.8 Å². The lowest BCUT2D eigenvalue weighted by molar-refractivity contribution is 0.0697. The molecule has 0 saturated heterocycles. The Morgan fingerprint density at radius 1 is 1.12 bits per heavy atom. The van der Waals surface area contributed by atoms with Gasteiger partial charge >= 0.3 is 5.97 Å². The summed E-state index contributed by atoms with van der Waals surface area (Å²) in [7, 11) is 0. The van der Waals surface area contributed by atoms with E-state index in [1.165, 1.54) is 6.07 Å². The monoisotopic (exact) mass is 352 g/mol. The van der Waals surface area contributed by atoms with Gasteiger partial charge in [-0.25, -0.2) is 4.79 Å². The Morgan fingerprint density at radius 3 is 2.48 bits per heavy atom. The smallest absolute Gasteiger partial charge is 0.337 e. The highest BCUT2D eigenvalue weighted by Gasteiger charge is 2.10. The Kier molecular flexibility index (Phi) is 4.72. The minimum absolute atomic E-state index is 0.0721. The van der Waals surface area contributed by atoms with Gasteiger partial charge in [0.15, 0.2) is 0 Å². The van der Waals surface area contributed by atoms with Crippen LogP contribution in [-0.2, 0) is 0 Å². The van der Waals surface area contributed by atoms with Crippen molar-refractivity contribution in [2.24, 2.45) is 4.99 Å². The van der Waals surface area contributed by atoms with Crippen LogP contribution in [0.25, 0.3) is 5.69 Å². The van der Waals surface area contributed by atoms with Crippen LogP contribution in [0.2, 0.25) is 5.02 Å². The molecule has 0 aliphatic rings. The molecular formula is C20H17ClN2O2. The maximum atomic E-state index is 11.0. The molecule has 0 aliphatic carbocycles. The van der Waals surface area contributed by atoms with E-state index in [2.05, 4.69) is 34.7 Å². The number of aromatic nitrogens is 1. The number of benzene rings is 2. The minimum atomic E-state index is -1.05. The van der Waals surface area contributed by atoms with Gasteiger partial charge in [-0.1, -0.05) is 29.8 Å². The summed E-state index contributed by atoms with van der Waals surface area (Å²) < 4.78 is 2.17. The van der Waals surface area contributed by atoms with Gasteiger partial charge in [0.1, 0.15) is 0 Å². The third-order valence-electron chi connectivity index (χ3n) is 4.02. The van der Waals surface area contributed by atoms with E-state index in [4.69, 9.17) is 16.7 Å². The first-order chi connectivity index (χ1) is 12.0. The summed E-state index contributed by atoms with van der Waals surface area (Å²) in [6.45, 7) is 4.09. The van der Waals surface area contributed by atoms with Crippen molar-refractivity contribution in [1.82, 2.24) is 4.57 Å². The van der Waals surface area contributed by atoms with Gasteiger partial charge in [-0.05, 0) is 50.2 Å². The lowest BCUT2D eigenvalue weighted by Crippen LogP contribution is -1.99. The Labute approximate surface area is 151 Å². The van der Waals surface area contributed by atoms with Gasteiger partial charge < -0.3 is 9.67 Å². The first kappa shape index (κ1) is 17.0. The normalized spacial score (nSPS) is 11.2. The number of carboxylic acid groups (broad SMARTS) is 1. The molecule has 1 heterocycles. The number of carbonyl (C=O) groups is 1. The van der Waals surface area contributed by atoms with Gasteiger partial charge in [-0.2, -0.15) is 0 Å². The Balaban J connectivity index is 1.93. The second-order valence-corrected chi connectivity index (χ2v) is 6.13. The largest absolute Gasteiger partial charge is 0.478 e. The highest BCUT2D eigenvalue weighted by atomic mass is 35.5. The minimum Gasteiger partial charge on any atom is -0.478 e. The average molecular weight is 353 g/mol. The number of aromatic carboxylic acids is 1. The van der Waals surface area contributed by atoms with E-state index in [1.54, 1.807) is 18.3 Å². The SMILES string of the molecule is Cc1cc(C=Nc2ccc(C(=O)O)c(Cl)c2)c(C)n1-c1ccccc1. The molecule has 3 aromatic rings. The van der Waals surface area contributed by atoms with Crippen molar-refractivity contribution >= 4 is 29.5 Å². The molecular weight excluding hydrogens is 336 g/mol. The molecule has 0 amide bonds. The third-order valence-corrected chi connectivity index (χ3v) is 4.33. The van der Waals surface area contributed by atoms with Crippen molar-refractivity contribution < 1.29 is 9.90 Å². The van der Waals surface area contributed by atoms with E-state index < -0.39 is 5.97 Å². The zero-order valence-corrected chi connectivity index (χ0v) is 14.7. The lowest BCUT2D eigenvalue weighted by atomic mass is 10.2. The molecule has 0 aliphatic heterocycles. The molecule has 0 bridgehead atoms. The Morgan fingerprint density at radius 2 is 1.84 bits per heavy atom. The lowest BCUT2D eigenvalue weighted by Gasteiger charge is -2.09. The van der Waals surface area contributed by atoms with E-state index in [1.807, 2.05) is 25.1 Å². The van der Waals surface area contributed by atoms with Gasteiger partial charge in [0, 0.05) is 28.9 Å². The van der Waals surface area contributed by atoms with Crippen LogP contribution in [0.5, 0.6) is 0 Å². The molecule has 0 spiro atoms. The van der Waals surface area contributed by atoms with Crippen LogP contribution in [-0.4, -0.2) is 21.9 Å². The zero-order chi connectivity index (χ0) is 18.0. The summed E-state index contributed by atoms with van der Waals surface area (Å²) in [5, 5.41) is 9.19. The van der Waals surface area contributed by atoms with Crippen LogP contribution in [0.4, 0.5) is 5.69 Å². The molecule has 0 saturated carbocycles. The van der Waals surface area contributed by atoms with Gasteiger partial charge in [-0.3, -0.25) is 4.99 Å². The van der Waals surface area contributed by atoms with Crippen LogP contribution in [0.1, 0.15) is 27.3 Å². The van der Waals surface area contributed by atoms with Crippen LogP contribution < -0.4 is 0 Å². The van der Waals surface area contributed by atoms with Gasteiger partial charge in [0.05, 0.1) is 16.3 Å². The molecule has 3 rings (SSSR count). The van der Waals surface area contributed by atoms with E-state index in [9.17, 15) is 4.79 Å². The van der Waals surface area contributed by atoms with Crippen LogP contribution >= 0.6 is 11.6 Å². The van der Waals surface area contributed by atoms with E-state index in [-0.39, 0.29) is 10.6 Å². The molecule has 5 heteroatoms. The quantitative estimate of drug-likeness (QED) is 0.656. The van der Waals surface area contributed by atoms with Crippen LogP contribution in [0, 0.1) is 13.8 Å². The molecule has 2 aromatic carbocycles. The number of nitrogens with zero attached hydrogens (tertiary/aromatic N) is 2. The first-order valence-electron chi connectivity index (χ1n) is 7.78. The van der Waals surface area contributed by atoms with E-state index in [0.717, 1.165) is 22.6 Å². The number of aliphatic imine (C=N–C) groups is 1. The molecule has 0 fully saturated rings. The maximum absolute atomic E-state index is 11.0. The molecule has 0 atom stereocenters. The standard InChI is InChI=1S/C20H17ClN2O2/c1-13-10-15(14(2)23(13)17-6-4-3-5-7-17)12-22-16-8-9-18(20(24)25)19(21)11-16/h3-12H,1-2H3,(H,24,25). The van der Waals surface area contributed by atoms with E-state index >= 15 is 0 Å². The number of carboxylic acids is 1. The fourth-order valence-corrected chi connectivity index (χ4v) is 3.05. The summed E-state index contributed by atoms with van der Waals surface area (Å²) in [6, 6.07) is 16.9. The van der Waals surface area contributed by atoms with Crippen molar-refractivity contribution in [3.8, 4) is 5.69 Å². The molecule has 126 valence electrons. The number of hydrogen-bond acceptors (Lipinski definition) is 2. The number of aryl methyl sites for hydroxylation is 1. The molecule has 0 unspecified atom stereocenters. The van der Waals surface area contributed by atoms with Crippen LogP contribution in [0.15, 0.2) is 59.6 Å². The van der Waals surface area contributed by atoms with Crippen molar-refractivity contribution in [3.05, 3.63) is 82.1 Å². The van der Waals surface area contributed by atoms with Gasteiger partial charge in [0.2, 0.25) is 0 Å². The third kappa shape index (κ3) is 3.49. The van der Waals surface area contributed by atoms with E-state index in [0.29, 0.717) is 5.69 Å². The Bertz CT molecular complexity index is 959. The second kappa shape index (κ2) is 6.95. The molecule has 25 heavy (non-hydrogen) atoms. The summed E-state index contributed by atoms with van der Waals surface area (Å²) in [5.74, 6) is -1.05. The number of halogens is 1. The zero-order valence-electron chi connectivity index (χ0n) is 13.9. The first-order valence-corrected chi connectivity index (χ1v) is 8.16. The number of para-hydroxylation sites is 1. The van der Waals surface area contributed by atoms with Gasteiger partial charge in [-0.15, -0.1) is 0 Å². The molecule has 1 aromatic heterocycles. The maximum Gasteiger partial charge on any atom is 0.337 e. The summed E-state index contributed by atoms with van der Waals surface area (Å²) in [4.78, 5) is 15.4. The number of rotatable bonds is 4. The summed E-state index contributed by atoms with van der Waals surface area (Å²) in [6.07, 6.45) is 1.77.